The first kappa shape index (κ1) is 17.9. The number of nitrogens with zero attached hydrogens (tertiary/aromatic N) is 3. The first-order valence-electron chi connectivity index (χ1n) is 7.25. The Labute approximate surface area is 132 Å². The molecule has 21 heavy (non-hydrogen) atoms. The molecule has 0 bridgehead atoms. The van der Waals surface area contributed by atoms with Crippen molar-refractivity contribution < 1.29 is 9.53 Å². The van der Waals surface area contributed by atoms with Gasteiger partial charge in [-0.15, -0.1) is 12.4 Å². The molecule has 1 aromatic heterocycles. The van der Waals surface area contributed by atoms with Gasteiger partial charge in [0.1, 0.15) is 0 Å². The van der Waals surface area contributed by atoms with Crippen LogP contribution in [0, 0.1) is 6.92 Å². The van der Waals surface area contributed by atoms with Gasteiger partial charge in [-0.3, -0.25) is 9.48 Å². The third-order valence-corrected chi connectivity index (χ3v) is 3.52. The molecule has 0 aliphatic carbocycles. The third kappa shape index (κ3) is 4.98. The van der Waals surface area contributed by atoms with Crippen molar-refractivity contribution in [1.82, 2.24) is 14.7 Å². The summed E-state index contributed by atoms with van der Waals surface area (Å²) in [4.78, 5) is 14.0. The number of carbonyl (C=O) groups excluding carboxylic acids is 1. The van der Waals surface area contributed by atoms with Gasteiger partial charge in [0.25, 0.3) is 0 Å². The Balaban J connectivity index is 0.00000220. The molecule has 2 atom stereocenters. The van der Waals surface area contributed by atoms with Gasteiger partial charge in [0.2, 0.25) is 5.91 Å². The van der Waals surface area contributed by atoms with E-state index in [0.717, 1.165) is 18.4 Å². The number of amides is 1. The number of carbonyl (C=O) groups is 1. The zero-order valence-corrected chi connectivity index (χ0v) is 13.5. The summed E-state index contributed by atoms with van der Waals surface area (Å²) in [6.07, 6.45) is 5.45. The maximum Gasteiger partial charge on any atom is 0.239 e. The number of ether oxygens (including phenoxy) is 1. The molecule has 2 heterocycles. The van der Waals surface area contributed by atoms with Gasteiger partial charge in [-0.25, -0.2) is 0 Å². The summed E-state index contributed by atoms with van der Waals surface area (Å²) in [7, 11) is 0. The predicted molar refractivity (Wildman–Crippen MR) is 83.4 cm³/mol. The molecular formula is C14H25ClN4O2. The van der Waals surface area contributed by atoms with E-state index < -0.39 is 0 Å². The molecule has 1 aliphatic rings. The van der Waals surface area contributed by atoms with Crippen LogP contribution in [0.25, 0.3) is 0 Å². The summed E-state index contributed by atoms with van der Waals surface area (Å²) in [6, 6.07) is -0.384. The van der Waals surface area contributed by atoms with E-state index in [1.54, 1.807) is 0 Å². The van der Waals surface area contributed by atoms with Gasteiger partial charge in [-0.1, -0.05) is 13.3 Å². The van der Waals surface area contributed by atoms with Crippen molar-refractivity contribution in [2.45, 2.75) is 45.4 Å². The second-order valence-corrected chi connectivity index (χ2v) is 5.41. The number of aromatic nitrogens is 2. The molecule has 2 rings (SSSR count). The molecular weight excluding hydrogens is 292 g/mol. The van der Waals surface area contributed by atoms with E-state index in [-0.39, 0.29) is 30.5 Å². The van der Waals surface area contributed by atoms with Gasteiger partial charge in [-0.05, 0) is 18.9 Å². The minimum Gasteiger partial charge on any atom is -0.373 e. The molecule has 1 amide bonds. The average molecular weight is 317 g/mol. The van der Waals surface area contributed by atoms with Crippen LogP contribution in [-0.2, 0) is 16.1 Å². The molecule has 6 nitrogen and oxygen atoms in total. The van der Waals surface area contributed by atoms with Crippen LogP contribution in [0.1, 0.15) is 25.3 Å². The smallest absolute Gasteiger partial charge is 0.239 e. The van der Waals surface area contributed by atoms with Crippen LogP contribution in [0.15, 0.2) is 12.4 Å². The van der Waals surface area contributed by atoms with E-state index in [1.807, 2.05) is 35.8 Å². The van der Waals surface area contributed by atoms with Crippen molar-refractivity contribution >= 4 is 18.3 Å². The van der Waals surface area contributed by atoms with Gasteiger partial charge in [0, 0.05) is 19.3 Å². The molecule has 2 unspecified atom stereocenters. The quantitative estimate of drug-likeness (QED) is 0.878. The number of hydrogen-bond acceptors (Lipinski definition) is 4. The van der Waals surface area contributed by atoms with Crippen molar-refractivity contribution in [2.75, 3.05) is 19.7 Å². The van der Waals surface area contributed by atoms with E-state index in [4.69, 9.17) is 10.5 Å². The lowest BCUT2D eigenvalue weighted by Crippen LogP contribution is -2.52. The Hall–Kier alpha value is -1.11. The first-order chi connectivity index (χ1) is 9.60. The minimum absolute atomic E-state index is 0. The van der Waals surface area contributed by atoms with Crippen LogP contribution in [0.2, 0.25) is 0 Å². The fourth-order valence-electron chi connectivity index (χ4n) is 2.47. The van der Waals surface area contributed by atoms with Crippen LogP contribution in [0.4, 0.5) is 0 Å². The van der Waals surface area contributed by atoms with Gasteiger partial charge in [0.05, 0.1) is 31.5 Å². The molecule has 0 aromatic carbocycles. The fourth-order valence-corrected chi connectivity index (χ4v) is 2.47. The molecule has 1 aliphatic heterocycles. The van der Waals surface area contributed by atoms with Crippen molar-refractivity contribution in [1.29, 1.82) is 0 Å². The predicted octanol–water partition coefficient (Wildman–Crippen LogP) is 0.968. The Kier molecular flexibility index (Phi) is 7.14. The van der Waals surface area contributed by atoms with Gasteiger partial charge >= 0.3 is 0 Å². The highest BCUT2D eigenvalue weighted by atomic mass is 35.5. The highest BCUT2D eigenvalue weighted by molar-refractivity contribution is 5.85. The van der Waals surface area contributed by atoms with E-state index in [0.29, 0.717) is 26.2 Å². The van der Waals surface area contributed by atoms with Crippen LogP contribution in [-0.4, -0.2) is 52.4 Å². The summed E-state index contributed by atoms with van der Waals surface area (Å²) < 4.78 is 7.58. The zero-order chi connectivity index (χ0) is 14.5. The van der Waals surface area contributed by atoms with Crippen molar-refractivity contribution in [2.24, 2.45) is 5.73 Å². The Bertz CT molecular complexity index is 452. The lowest BCUT2D eigenvalue weighted by Gasteiger charge is -2.34. The lowest BCUT2D eigenvalue weighted by molar-refractivity contribution is -0.140. The van der Waals surface area contributed by atoms with E-state index >= 15 is 0 Å². The molecule has 0 spiro atoms. The topological polar surface area (TPSA) is 73.4 Å². The van der Waals surface area contributed by atoms with Crippen molar-refractivity contribution in [3.05, 3.63) is 18.0 Å². The second-order valence-electron chi connectivity index (χ2n) is 5.41. The Morgan fingerprint density at radius 3 is 3.00 bits per heavy atom. The molecule has 120 valence electrons. The maximum atomic E-state index is 12.2. The number of halogens is 1. The van der Waals surface area contributed by atoms with Crippen LogP contribution in [0.5, 0.6) is 0 Å². The van der Waals surface area contributed by atoms with E-state index in [9.17, 15) is 4.79 Å². The largest absolute Gasteiger partial charge is 0.373 e. The summed E-state index contributed by atoms with van der Waals surface area (Å²) in [5, 5.41) is 4.25. The second kappa shape index (κ2) is 8.36. The Morgan fingerprint density at radius 2 is 2.38 bits per heavy atom. The highest BCUT2D eigenvalue weighted by Gasteiger charge is 2.27. The fraction of sp³-hybridized carbons (Fsp3) is 0.714. The number of rotatable bonds is 5. The standard InChI is InChI=1S/C14H24N4O2.ClH/c1-3-4-13(15)14(19)17-5-6-20-12(9-17)10-18-8-11(2)7-16-18;/h7-8,12-13H,3-6,9-10,15H2,1-2H3;1H. The van der Waals surface area contributed by atoms with E-state index in [1.165, 1.54) is 0 Å². The molecule has 0 saturated carbocycles. The maximum absolute atomic E-state index is 12.2. The zero-order valence-electron chi connectivity index (χ0n) is 12.7. The molecule has 1 fully saturated rings. The highest BCUT2D eigenvalue weighted by Crippen LogP contribution is 2.10. The summed E-state index contributed by atoms with van der Waals surface area (Å²) in [5.74, 6) is 0.0387. The van der Waals surface area contributed by atoms with E-state index in [2.05, 4.69) is 5.10 Å². The van der Waals surface area contributed by atoms with Gasteiger partial charge < -0.3 is 15.4 Å². The molecule has 1 saturated heterocycles. The SMILES string of the molecule is CCCC(N)C(=O)N1CCOC(Cn2cc(C)cn2)C1.Cl. The number of hydrogen-bond donors (Lipinski definition) is 1. The average Bonchev–Trinajstić information content (AvgIpc) is 2.84. The number of aryl methyl sites for hydroxylation is 1. The van der Waals surface area contributed by atoms with Crippen molar-refractivity contribution in [3.63, 3.8) is 0 Å². The van der Waals surface area contributed by atoms with Crippen LogP contribution < -0.4 is 5.73 Å². The van der Waals surface area contributed by atoms with Crippen LogP contribution in [0.3, 0.4) is 0 Å². The summed E-state index contributed by atoms with van der Waals surface area (Å²) in [6.45, 7) is 6.50. The number of nitrogens with two attached hydrogens (primary N) is 1. The van der Waals surface area contributed by atoms with Gasteiger partial charge in [-0.2, -0.15) is 5.10 Å². The molecule has 0 radical (unpaired) electrons. The minimum atomic E-state index is -0.384. The first-order valence-corrected chi connectivity index (χ1v) is 7.25. The summed E-state index contributed by atoms with van der Waals surface area (Å²) >= 11 is 0. The number of morpholine rings is 1. The van der Waals surface area contributed by atoms with Crippen molar-refractivity contribution in [3.8, 4) is 0 Å². The summed E-state index contributed by atoms with van der Waals surface area (Å²) in [5.41, 5.74) is 7.03. The monoisotopic (exact) mass is 316 g/mol. The normalized spacial score (nSPS) is 20.0. The third-order valence-electron chi connectivity index (χ3n) is 3.52. The molecule has 2 N–H and O–H groups in total. The molecule has 7 heteroatoms. The molecule has 1 aromatic rings. The lowest BCUT2D eigenvalue weighted by atomic mass is 10.1. The van der Waals surface area contributed by atoms with Crippen LogP contribution >= 0.6 is 12.4 Å². The van der Waals surface area contributed by atoms with Gasteiger partial charge in [0.15, 0.2) is 0 Å². The Morgan fingerprint density at radius 1 is 1.62 bits per heavy atom.